The number of para-hydroxylation sites is 1. The summed E-state index contributed by atoms with van der Waals surface area (Å²) in [5.74, 6) is -0.848. The number of benzene rings is 2. The lowest BCUT2D eigenvalue weighted by molar-refractivity contribution is -0.129. The summed E-state index contributed by atoms with van der Waals surface area (Å²) in [5.41, 5.74) is 2.85. The molecule has 2 aromatic rings. The molecule has 2 aromatic carbocycles. The van der Waals surface area contributed by atoms with Crippen molar-refractivity contribution in [3.63, 3.8) is 0 Å². The van der Waals surface area contributed by atoms with E-state index in [0.29, 0.717) is 17.8 Å². The van der Waals surface area contributed by atoms with E-state index in [1.807, 2.05) is 31.2 Å². The zero-order chi connectivity index (χ0) is 20.5. The van der Waals surface area contributed by atoms with Crippen LogP contribution in [0.15, 0.2) is 48.5 Å². The smallest absolute Gasteiger partial charge is 0.340 e. The van der Waals surface area contributed by atoms with Crippen LogP contribution in [0.25, 0.3) is 0 Å². The summed E-state index contributed by atoms with van der Waals surface area (Å²) in [6, 6.07) is 14.5. The van der Waals surface area contributed by atoms with E-state index in [1.165, 1.54) is 6.92 Å². The van der Waals surface area contributed by atoms with Gasteiger partial charge < -0.3 is 15.0 Å². The van der Waals surface area contributed by atoms with Crippen molar-refractivity contribution in [2.24, 2.45) is 0 Å². The minimum Gasteiger partial charge on any atom is -0.462 e. The summed E-state index contributed by atoms with van der Waals surface area (Å²) in [6.07, 6.45) is 0.128. The third-order valence-electron chi connectivity index (χ3n) is 4.37. The lowest BCUT2D eigenvalue weighted by Crippen LogP contribution is -2.32. The van der Waals surface area contributed by atoms with Crippen molar-refractivity contribution in [3.05, 3.63) is 65.2 Å². The number of rotatable bonds is 8. The second-order valence-electron chi connectivity index (χ2n) is 6.43. The summed E-state index contributed by atoms with van der Waals surface area (Å²) in [6.45, 7) is 6.21. The van der Waals surface area contributed by atoms with Crippen LogP contribution >= 0.6 is 0 Å². The SMILES string of the molecule is CCOC(=O)c1ccccc1NC(=O)CCN(Cc1ccccc1C)C(C)=O. The highest BCUT2D eigenvalue weighted by Gasteiger charge is 2.16. The van der Waals surface area contributed by atoms with Gasteiger partial charge in [-0.05, 0) is 37.1 Å². The lowest BCUT2D eigenvalue weighted by atomic mass is 10.1. The fraction of sp³-hybridized carbons (Fsp3) is 0.318. The number of nitrogens with zero attached hydrogens (tertiary/aromatic N) is 1. The van der Waals surface area contributed by atoms with E-state index < -0.39 is 5.97 Å². The van der Waals surface area contributed by atoms with Crippen LogP contribution in [0.1, 0.15) is 41.8 Å². The van der Waals surface area contributed by atoms with Crippen molar-refractivity contribution in [1.29, 1.82) is 0 Å². The molecule has 148 valence electrons. The molecule has 6 heteroatoms. The number of hydrogen-bond acceptors (Lipinski definition) is 4. The first-order valence-electron chi connectivity index (χ1n) is 9.28. The zero-order valence-electron chi connectivity index (χ0n) is 16.5. The predicted molar refractivity (Wildman–Crippen MR) is 108 cm³/mol. The molecule has 0 aromatic heterocycles. The molecule has 0 saturated heterocycles. The monoisotopic (exact) mass is 382 g/mol. The molecule has 6 nitrogen and oxygen atoms in total. The number of carbonyl (C=O) groups excluding carboxylic acids is 3. The van der Waals surface area contributed by atoms with Gasteiger partial charge in [-0.15, -0.1) is 0 Å². The molecule has 0 aliphatic rings. The van der Waals surface area contributed by atoms with Crippen LogP contribution in [0.3, 0.4) is 0 Å². The van der Waals surface area contributed by atoms with Crippen molar-refractivity contribution < 1.29 is 19.1 Å². The Morgan fingerprint density at radius 2 is 1.71 bits per heavy atom. The van der Waals surface area contributed by atoms with E-state index in [-0.39, 0.29) is 31.4 Å². The summed E-state index contributed by atoms with van der Waals surface area (Å²) in [5, 5.41) is 2.74. The molecule has 0 saturated carbocycles. The quantitative estimate of drug-likeness (QED) is 0.709. The van der Waals surface area contributed by atoms with Gasteiger partial charge in [0.05, 0.1) is 17.9 Å². The van der Waals surface area contributed by atoms with Gasteiger partial charge in [0.15, 0.2) is 0 Å². The largest absolute Gasteiger partial charge is 0.462 e. The first-order valence-corrected chi connectivity index (χ1v) is 9.28. The van der Waals surface area contributed by atoms with Crippen LogP contribution in [0, 0.1) is 6.92 Å². The number of nitrogens with one attached hydrogen (secondary N) is 1. The topological polar surface area (TPSA) is 75.7 Å². The van der Waals surface area contributed by atoms with Gasteiger partial charge in [-0.1, -0.05) is 36.4 Å². The molecule has 0 atom stereocenters. The second-order valence-corrected chi connectivity index (χ2v) is 6.43. The number of esters is 1. The number of anilines is 1. The molecule has 0 bridgehead atoms. The summed E-state index contributed by atoms with van der Waals surface area (Å²) >= 11 is 0. The Labute approximate surface area is 165 Å². The molecule has 2 rings (SSSR count). The van der Waals surface area contributed by atoms with Gasteiger partial charge in [0, 0.05) is 26.4 Å². The normalized spacial score (nSPS) is 10.2. The third-order valence-corrected chi connectivity index (χ3v) is 4.37. The summed E-state index contributed by atoms with van der Waals surface area (Å²) < 4.78 is 5.01. The highest BCUT2D eigenvalue weighted by atomic mass is 16.5. The first kappa shape index (κ1) is 21.2. The molecule has 0 heterocycles. The Morgan fingerprint density at radius 3 is 2.39 bits per heavy atom. The fourth-order valence-electron chi connectivity index (χ4n) is 2.77. The van der Waals surface area contributed by atoms with Crippen molar-refractivity contribution in [1.82, 2.24) is 4.90 Å². The average Bonchev–Trinajstić information content (AvgIpc) is 2.66. The van der Waals surface area contributed by atoms with E-state index >= 15 is 0 Å². The number of hydrogen-bond donors (Lipinski definition) is 1. The minimum absolute atomic E-state index is 0.0945. The Balaban J connectivity index is 2.00. The highest BCUT2D eigenvalue weighted by molar-refractivity contribution is 6.01. The van der Waals surface area contributed by atoms with Gasteiger partial charge >= 0.3 is 5.97 Å². The molecule has 0 radical (unpaired) electrons. The molecule has 0 aliphatic carbocycles. The van der Waals surface area contributed by atoms with Crippen LogP contribution in [0.4, 0.5) is 5.69 Å². The van der Waals surface area contributed by atoms with Gasteiger partial charge in [0.1, 0.15) is 0 Å². The van der Waals surface area contributed by atoms with Crippen molar-refractivity contribution >= 4 is 23.5 Å². The van der Waals surface area contributed by atoms with Crippen LogP contribution in [-0.2, 0) is 20.9 Å². The van der Waals surface area contributed by atoms with Gasteiger partial charge in [-0.2, -0.15) is 0 Å². The molecule has 2 amide bonds. The van der Waals surface area contributed by atoms with E-state index in [4.69, 9.17) is 4.74 Å². The maximum Gasteiger partial charge on any atom is 0.340 e. The lowest BCUT2D eigenvalue weighted by Gasteiger charge is -2.22. The second kappa shape index (κ2) is 10.3. The number of carbonyl (C=O) groups is 3. The van der Waals surface area contributed by atoms with E-state index in [2.05, 4.69) is 5.32 Å². The third kappa shape index (κ3) is 5.94. The standard InChI is InChI=1S/C22H26N2O4/c1-4-28-22(27)19-11-7-8-12-20(19)23-21(26)13-14-24(17(3)25)15-18-10-6-5-9-16(18)2/h5-12H,4,13-15H2,1-3H3,(H,23,26). The van der Waals surface area contributed by atoms with E-state index in [1.54, 1.807) is 36.1 Å². The van der Waals surface area contributed by atoms with Crippen LogP contribution in [0.5, 0.6) is 0 Å². The Kier molecular flexibility index (Phi) is 7.75. The molecular weight excluding hydrogens is 356 g/mol. The average molecular weight is 382 g/mol. The number of ether oxygens (including phenoxy) is 1. The van der Waals surface area contributed by atoms with Crippen molar-refractivity contribution in [2.45, 2.75) is 33.7 Å². The number of aryl methyl sites for hydroxylation is 1. The summed E-state index contributed by atoms with van der Waals surface area (Å²) in [7, 11) is 0. The molecule has 28 heavy (non-hydrogen) atoms. The molecule has 0 aliphatic heterocycles. The Morgan fingerprint density at radius 1 is 1.04 bits per heavy atom. The van der Waals surface area contributed by atoms with Gasteiger partial charge in [-0.3, -0.25) is 9.59 Å². The van der Waals surface area contributed by atoms with E-state index in [0.717, 1.165) is 11.1 Å². The molecule has 0 fully saturated rings. The van der Waals surface area contributed by atoms with Crippen LogP contribution in [-0.4, -0.2) is 35.8 Å². The minimum atomic E-state index is -0.483. The molecular formula is C22H26N2O4. The fourth-order valence-corrected chi connectivity index (χ4v) is 2.77. The van der Waals surface area contributed by atoms with Crippen molar-refractivity contribution in [2.75, 3.05) is 18.5 Å². The zero-order valence-corrected chi connectivity index (χ0v) is 16.5. The molecule has 1 N–H and O–H groups in total. The van der Waals surface area contributed by atoms with Crippen LogP contribution in [0.2, 0.25) is 0 Å². The summed E-state index contributed by atoms with van der Waals surface area (Å²) in [4.78, 5) is 38.0. The maximum atomic E-state index is 12.4. The maximum absolute atomic E-state index is 12.4. The van der Waals surface area contributed by atoms with E-state index in [9.17, 15) is 14.4 Å². The highest BCUT2D eigenvalue weighted by Crippen LogP contribution is 2.17. The first-order chi connectivity index (χ1) is 13.4. The molecule has 0 spiro atoms. The molecule has 0 unspecified atom stereocenters. The van der Waals surface area contributed by atoms with Crippen LogP contribution < -0.4 is 5.32 Å². The van der Waals surface area contributed by atoms with Gasteiger partial charge in [-0.25, -0.2) is 4.79 Å². The van der Waals surface area contributed by atoms with Gasteiger partial charge in [0.25, 0.3) is 0 Å². The van der Waals surface area contributed by atoms with Crippen molar-refractivity contribution in [3.8, 4) is 0 Å². The Bertz CT molecular complexity index is 848. The Hall–Kier alpha value is -3.15. The van der Waals surface area contributed by atoms with Gasteiger partial charge in [0.2, 0.25) is 11.8 Å². The predicted octanol–water partition coefficient (Wildman–Crippen LogP) is 3.55. The number of amides is 2.